The Bertz CT molecular complexity index is 330. The molecule has 0 heterocycles. The highest BCUT2D eigenvalue weighted by molar-refractivity contribution is 5.80. The lowest BCUT2D eigenvalue weighted by Crippen LogP contribution is -2.12. The smallest absolute Gasteiger partial charge is 0.123 e. The molecule has 0 saturated carbocycles. The van der Waals surface area contributed by atoms with Gasteiger partial charge in [-0.2, -0.15) is 0 Å². The Hall–Kier alpha value is -1.38. The zero-order chi connectivity index (χ0) is 11.3. The standard InChI is InChI=1S/C12H17FN2/c1-3-4-12(14)15-9(2)10-5-7-11(13)8-6-10/h5-9H,3-4H2,1-2H3,(H2,14,15). The van der Waals surface area contributed by atoms with Crippen molar-refractivity contribution in [1.29, 1.82) is 0 Å². The summed E-state index contributed by atoms with van der Waals surface area (Å²) in [5.74, 6) is 0.436. The first kappa shape index (κ1) is 11.7. The van der Waals surface area contributed by atoms with E-state index in [9.17, 15) is 4.39 Å². The summed E-state index contributed by atoms with van der Waals surface area (Å²) in [6.45, 7) is 4.01. The van der Waals surface area contributed by atoms with Crippen molar-refractivity contribution in [3.05, 3.63) is 35.6 Å². The summed E-state index contributed by atoms with van der Waals surface area (Å²) in [5.41, 5.74) is 6.71. The molecule has 2 nitrogen and oxygen atoms in total. The third-order valence-electron chi connectivity index (χ3n) is 2.22. The molecule has 3 heteroatoms. The minimum atomic E-state index is -0.226. The molecule has 0 fully saturated rings. The summed E-state index contributed by atoms with van der Waals surface area (Å²) < 4.78 is 12.7. The second-order valence-corrected chi connectivity index (χ2v) is 3.60. The van der Waals surface area contributed by atoms with Crippen LogP contribution in [-0.4, -0.2) is 5.84 Å². The highest BCUT2D eigenvalue weighted by Crippen LogP contribution is 2.17. The Kier molecular flexibility index (Phi) is 4.28. The number of benzene rings is 1. The number of hydrogen-bond acceptors (Lipinski definition) is 1. The molecule has 0 bridgehead atoms. The Morgan fingerprint density at radius 1 is 1.40 bits per heavy atom. The molecule has 0 aromatic heterocycles. The summed E-state index contributed by atoms with van der Waals surface area (Å²) >= 11 is 0. The van der Waals surface area contributed by atoms with Crippen LogP contribution < -0.4 is 5.73 Å². The number of rotatable bonds is 4. The summed E-state index contributed by atoms with van der Waals surface area (Å²) in [6.07, 6.45) is 1.80. The lowest BCUT2D eigenvalue weighted by Gasteiger charge is -2.08. The van der Waals surface area contributed by atoms with Gasteiger partial charge in [0.1, 0.15) is 5.82 Å². The zero-order valence-corrected chi connectivity index (χ0v) is 9.20. The van der Waals surface area contributed by atoms with Gasteiger partial charge in [-0.3, -0.25) is 4.99 Å². The third-order valence-corrected chi connectivity index (χ3v) is 2.22. The molecule has 82 valence electrons. The van der Waals surface area contributed by atoms with Crippen LogP contribution in [0.15, 0.2) is 29.3 Å². The Morgan fingerprint density at radius 3 is 2.53 bits per heavy atom. The van der Waals surface area contributed by atoms with Gasteiger partial charge in [0.05, 0.1) is 11.9 Å². The molecular formula is C12H17FN2. The molecule has 1 atom stereocenters. The fourth-order valence-corrected chi connectivity index (χ4v) is 1.39. The van der Waals surface area contributed by atoms with E-state index in [0.717, 1.165) is 18.4 Å². The normalized spacial score (nSPS) is 13.9. The second-order valence-electron chi connectivity index (χ2n) is 3.60. The number of hydrogen-bond donors (Lipinski definition) is 1. The Labute approximate surface area is 90.0 Å². The van der Waals surface area contributed by atoms with Gasteiger partial charge in [0.15, 0.2) is 0 Å². The number of halogens is 1. The molecule has 0 radical (unpaired) electrons. The third kappa shape index (κ3) is 3.70. The van der Waals surface area contributed by atoms with E-state index < -0.39 is 0 Å². The Morgan fingerprint density at radius 2 is 2.00 bits per heavy atom. The van der Waals surface area contributed by atoms with Gasteiger partial charge < -0.3 is 5.73 Å². The van der Waals surface area contributed by atoms with Gasteiger partial charge in [0.2, 0.25) is 0 Å². The van der Waals surface area contributed by atoms with Gasteiger partial charge in [-0.05, 0) is 31.0 Å². The second kappa shape index (κ2) is 5.49. The predicted molar refractivity (Wildman–Crippen MR) is 61.3 cm³/mol. The van der Waals surface area contributed by atoms with Crippen LogP contribution in [0.3, 0.4) is 0 Å². The minimum absolute atomic E-state index is 0.00264. The van der Waals surface area contributed by atoms with Crippen LogP contribution in [0.25, 0.3) is 0 Å². The molecule has 2 N–H and O–H groups in total. The first-order chi connectivity index (χ1) is 7.13. The van der Waals surface area contributed by atoms with Crippen molar-refractivity contribution >= 4 is 5.84 Å². The van der Waals surface area contributed by atoms with E-state index >= 15 is 0 Å². The van der Waals surface area contributed by atoms with Crippen LogP contribution in [0.5, 0.6) is 0 Å². The van der Waals surface area contributed by atoms with E-state index in [-0.39, 0.29) is 11.9 Å². The molecule has 1 aromatic rings. The van der Waals surface area contributed by atoms with Gasteiger partial charge in [-0.1, -0.05) is 19.1 Å². The quantitative estimate of drug-likeness (QED) is 0.599. The summed E-state index contributed by atoms with van der Waals surface area (Å²) in [4.78, 5) is 4.34. The van der Waals surface area contributed by atoms with Crippen LogP contribution in [-0.2, 0) is 0 Å². The average molecular weight is 208 g/mol. The average Bonchev–Trinajstić information content (AvgIpc) is 2.18. The van der Waals surface area contributed by atoms with Crippen molar-refractivity contribution in [2.45, 2.75) is 32.7 Å². The van der Waals surface area contributed by atoms with Crippen LogP contribution >= 0.6 is 0 Å². The maximum Gasteiger partial charge on any atom is 0.123 e. The maximum atomic E-state index is 12.7. The topological polar surface area (TPSA) is 38.4 Å². The van der Waals surface area contributed by atoms with Gasteiger partial charge >= 0.3 is 0 Å². The first-order valence-electron chi connectivity index (χ1n) is 5.21. The lowest BCUT2D eigenvalue weighted by atomic mass is 10.1. The maximum absolute atomic E-state index is 12.7. The van der Waals surface area contributed by atoms with E-state index in [2.05, 4.69) is 11.9 Å². The fourth-order valence-electron chi connectivity index (χ4n) is 1.39. The van der Waals surface area contributed by atoms with Crippen LogP contribution in [0.4, 0.5) is 4.39 Å². The predicted octanol–water partition coefficient (Wildman–Crippen LogP) is 3.04. The summed E-state index contributed by atoms with van der Waals surface area (Å²) in [7, 11) is 0. The van der Waals surface area contributed by atoms with E-state index in [1.54, 1.807) is 12.1 Å². The van der Waals surface area contributed by atoms with Crippen LogP contribution in [0.2, 0.25) is 0 Å². The number of nitrogens with zero attached hydrogens (tertiary/aromatic N) is 1. The molecule has 0 aliphatic carbocycles. The van der Waals surface area contributed by atoms with Crippen molar-refractivity contribution < 1.29 is 4.39 Å². The van der Waals surface area contributed by atoms with Crippen molar-refractivity contribution in [3.63, 3.8) is 0 Å². The van der Waals surface area contributed by atoms with Crippen molar-refractivity contribution in [2.24, 2.45) is 10.7 Å². The van der Waals surface area contributed by atoms with Gasteiger partial charge in [0, 0.05) is 6.42 Å². The molecule has 1 unspecified atom stereocenters. The highest BCUT2D eigenvalue weighted by atomic mass is 19.1. The number of nitrogens with two attached hydrogens (primary N) is 1. The van der Waals surface area contributed by atoms with Gasteiger partial charge in [-0.15, -0.1) is 0 Å². The molecule has 0 spiro atoms. The summed E-state index contributed by atoms with van der Waals surface area (Å²) in [5, 5.41) is 0. The first-order valence-corrected chi connectivity index (χ1v) is 5.21. The zero-order valence-electron chi connectivity index (χ0n) is 9.20. The molecular weight excluding hydrogens is 191 g/mol. The molecule has 1 rings (SSSR count). The molecule has 1 aromatic carbocycles. The molecule has 0 amide bonds. The summed E-state index contributed by atoms with van der Waals surface area (Å²) in [6, 6.07) is 6.36. The SMILES string of the molecule is CCCC(N)=NC(C)c1ccc(F)cc1. The fraction of sp³-hybridized carbons (Fsp3) is 0.417. The van der Waals surface area contributed by atoms with E-state index in [0.29, 0.717) is 5.84 Å². The van der Waals surface area contributed by atoms with E-state index in [1.165, 1.54) is 12.1 Å². The van der Waals surface area contributed by atoms with Crippen molar-refractivity contribution in [1.82, 2.24) is 0 Å². The van der Waals surface area contributed by atoms with Crippen LogP contribution in [0.1, 0.15) is 38.3 Å². The number of aliphatic imine (C=N–C) groups is 1. The minimum Gasteiger partial charge on any atom is -0.387 e. The van der Waals surface area contributed by atoms with Gasteiger partial charge in [0.25, 0.3) is 0 Å². The largest absolute Gasteiger partial charge is 0.387 e. The molecule has 0 aliphatic rings. The van der Waals surface area contributed by atoms with Gasteiger partial charge in [-0.25, -0.2) is 4.39 Å². The monoisotopic (exact) mass is 208 g/mol. The lowest BCUT2D eigenvalue weighted by molar-refractivity contribution is 0.626. The van der Waals surface area contributed by atoms with Crippen molar-refractivity contribution in [2.75, 3.05) is 0 Å². The highest BCUT2D eigenvalue weighted by Gasteiger charge is 2.03. The Balaban J connectivity index is 2.72. The molecule has 15 heavy (non-hydrogen) atoms. The van der Waals surface area contributed by atoms with E-state index in [1.807, 2.05) is 6.92 Å². The molecule has 0 aliphatic heterocycles. The van der Waals surface area contributed by atoms with Crippen LogP contribution in [0, 0.1) is 5.82 Å². The number of amidine groups is 1. The molecule has 0 saturated heterocycles. The van der Waals surface area contributed by atoms with Crippen molar-refractivity contribution in [3.8, 4) is 0 Å². The van der Waals surface area contributed by atoms with E-state index in [4.69, 9.17) is 5.73 Å².